The van der Waals surface area contributed by atoms with Gasteiger partial charge in [-0.3, -0.25) is 0 Å². The molecule has 188 valence electrons. The van der Waals surface area contributed by atoms with Crippen molar-refractivity contribution in [3.63, 3.8) is 0 Å². The van der Waals surface area contributed by atoms with Gasteiger partial charge < -0.3 is 10.2 Å². The zero-order valence-corrected chi connectivity index (χ0v) is 20.6. The van der Waals surface area contributed by atoms with E-state index in [9.17, 15) is 19.0 Å². The first kappa shape index (κ1) is 26.5. The van der Waals surface area contributed by atoms with Crippen molar-refractivity contribution < 1.29 is 29.1 Å². The van der Waals surface area contributed by atoms with Crippen LogP contribution in [0, 0.1) is 29.1 Å². The third kappa shape index (κ3) is 4.86. The number of hydrogen-bond donors (Lipinski definition) is 3. The first-order chi connectivity index (χ1) is 15.4. The molecule has 0 amide bonds. The fraction of sp³-hybridized carbons (Fsp3) is 0.778. The van der Waals surface area contributed by atoms with E-state index in [1.54, 1.807) is 6.08 Å². The van der Waals surface area contributed by atoms with Gasteiger partial charge in [0, 0.05) is 6.42 Å². The number of rotatable bonds is 7. The molecule has 0 aromatic heterocycles. The maximum Gasteiger partial charge on any atom is 0.299 e. The van der Waals surface area contributed by atoms with E-state index in [4.69, 9.17) is 5.26 Å². The number of halogens is 2. The van der Waals surface area contributed by atoms with Gasteiger partial charge in [-0.2, -0.15) is 4.89 Å². The van der Waals surface area contributed by atoms with Crippen LogP contribution in [-0.4, -0.2) is 33.3 Å². The third-order valence-electron chi connectivity index (χ3n) is 8.85. The quantitative estimate of drug-likeness (QED) is 0.222. The van der Waals surface area contributed by atoms with Crippen LogP contribution in [0.25, 0.3) is 0 Å². The molecule has 0 radical (unpaired) electrons. The fourth-order valence-electron chi connectivity index (χ4n) is 6.82. The average molecular weight is 469 g/mol. The molecular weight excluding hydrogens is 426 g/mol. The highest BCUT2D eigenvalue weighted by molar-refractivity contribution is 5.42. The predicted octanol–water partition coefficient (Wildman–Crippen LogP) is 6.65. The Labute approximate surface area is 197 Å². The molecule has 0 spiro atoms. The Morgan fingerprint density at radius 1 is 1.18 bits per heavy atom. The van der Waals surface area contributed by atoms with Crippen molar-refractivity contribution >= 4 is 0 Å². The van der Waals surface area contributed by atoms with E-state index in [2.05, 4.69) is 39.2 Å². The summed E-state index contributed by atoms with van der Waals surface area (Å²) in [5.41, 5.74) is 1.50. The fourth-order valence-corrected chi connectivity index (χ4v) is 6.82. The SMILES string of the molecule is C=C1/C(=C\C=C2CCC[C@@]3(C)C2CC[C@@H]3[C@H](C)CCCC(C)C)C[C@@](O)(OO)C(O)(F)C1F. The molecule has 6 heteroatoms. The largest absolute Gasteiger partial charge is 0.359 e. The van der Waals surface area contributed by atoms with Gasteiger partial charge in [0.25, 0.3) is 11.6 Å². The molecule has 3 aliphatic carbocycles. The van der Waals surface area contributed by atoms with Gasteiger partial charge in [0.15, 0.2) is 6.17 Å². The molecular formula is C27H42F2O4. The van der Waals surface area contributed by atoms with Crippen LogP contribution in [0.15, 0.2) is 35.5 Å². The molecule has 0 bridgehead atoms. The second-order valence-corrected chi connectivity index (χ2v) is 11.4. The number of alkyl halides is 2. The van der Waals surface area contributed by atoms with Crippen molar-refractivity contribution in [2.24, 2.45) is 29.1 Å². The van der Waals surface area contributed by atoms with Crippen LogP contribution in [0.3, 0.4) is 0 Å². The Balaban J connectivity index is 1.79. The Bertz CT molecular complexity index is 789. The summed E-state index contributed by atoms with van der Waals surface area (Å²) in [7, 11) is 0. The van der Waals surface area contributed by atoms with E-state index >= 15 is 0 Å². The zero-order valence-electron chi connectivity index (χ0n) is 20.6. The van der Waals surface area contributed by atoms with Crippen LogP contribution in [0.2, 0.25) is 0 Å². The number of allylic oxidation sites excluding steroid dienone is 3. The summed E-state index contributed by atoms with van der Waals surface area (Å²) in [6.45, 7) is 12.9. The third-order valence-corrected chi connectivity index (χ3v) is 8.85. The molecule has 33 heavy (non-hydrogen) atoms. The minimum Gasteiger partial charge on any atom is -0.359 e. The van der Waals surface area contributed by atoms with Crippen molar-refractivity contribution in [2.75, 3.05) is 0 Å². The molecule has 0 saturated heterocycles. The van der Waals surface area contributed by atoms with Crippen molar-refractivity contribution in [3.8, 4) is 0 Å². The van der Waals surface area contributed by atoms with Crippen molar-refractivity contribution in [3.05, 3.63) is 35.5 Å². The van der Waals surface area contributed by atoms with E-state index in [-0.39, 0.29) is 16.6 Å². The lowest BCUT2D eigenvalue weighted by Crippen LogP contribution is -2.61. The molecule has 3 rings (SSSR count). The minimum absolute atomic E-state index is 0.220. The van der Waals surface area contributed by atoms with Crippen LogP contribution in [0.5, 0.6) is 0 Å². The first-order valence-electron chi connectivity index (χ1n) is 12.6. The monoisotopic (exact) mass is 468 g/mol. The van der Waals surface area contributed by atoms with Gasteiger partial charge in [0.1, 0.15) is 0 Å². The number of fused-ring (bicyclic) bond motifs is 1. The average Bonchev–Trinajstić information content (AvgIpc) is 3.11. The normalized spacial score (nSPS) is 42.8. The topological polar surface area (TPSA) is 69.9 Å². The predicted molar refractivity (Wildman–Crippen MR) is 126 cm³/mol. The Kier molecular flexibility index (Phi) is 7.94. The van der Waals surface area contributed by atoms with E-state index < -0.39 is 24.2 Å². The highest BCUT2D eigenvalue weighted by atomic mass is 19.2. The van der Waals surface area contributed by atoms with Gasteiger partial charge >= 0.3 is 0 Å². The highest BCUT2D eigenvalue weighted by Gasteiger charge is 2.63. The van der Waals surface area contributed by atoms with Crippen molar-refractivity contribution in [2.45, 2.75) is 103 Å². The molecule has 0 aromatic carbocycles. The molecule has 7 atom stereocenters. The lowest BCUT2D eigenvalue weighted by Gasteiger charge is -2.44. The molecule has 0 aromatic rings. The summed E-state index contributed by atoms with van der Waals surface area (Å²) in [6.07, 6.45) is 9.81. The summed E-state index contributed by atoms with van der Waals surface area (Å²) in [6, 6.07) is 0. The van der Waals surface area contributed by atoms with Gasteiger partial charge in [-0.05, 0) is 72.3 Å². The van der Waals surface area contributed by atoms with Gasteiger partial charge in [0.05, 0.1) is 0 Å². The summed E-state index contributed by atoms with van der Waals surface area (Å²) in [4.78, 5) is 3.80. The molecule has 4 nitrogen and oxygen atoms in total. The van der Waals surface area contributed by atoms with Crippen molar-refractivity contribution in [1.29, 1.82) is 0 Å². The van der Waals surface area contributed by atoms with Crippen LogP contribution >= 0.6 is 0 Å². The van der Waals surface area contributed by atoms with Crippen LogP contribution in [0.1, 0.15) is 85.5 Å². The molecule has 3 aliphatic rings. The standard InChI is InChI=1S/C27H42F2O4/c1-17(2)8-6-9-18(3)22-13-14-23-20(10-7-15-25(22,23)5)11-12-21-16-26(30,33-32)27(29,31)24(28)19(21)4/h11-12,17-18,22-24,30-32H,4,6-10,13-16H2,1-3,5H3/b20-11?,21-12-/t18-,22-,23?,24?,25-,26-,27?/m1/s1. The van der Waals surface area contributed by atoms with Crippen LogP contribution < -0.4 is 0 Å². The molecule has 3 N–H and O–H groups in total. The zero-order chi connectivity index (χ0) is 24.6. The second-order valence-electron chi connectivity index (χ2n) is 11.4. The number of aliphatic hydroxyl groups is 2. The highest BCUT2D eigenvalue weighted by Crippen LogP contribution is 2.60. The summed E-state index contributed by atoms with van der Waals surface area (Å²) < 4.78 is 28.8. The van der Waals surface area contributed by atoms with E-state index in [1.165, 1.54) is 37.7 Å². The molecule has 3 saturated carbocycles. The summed E-state index contributed by atoms with van der Waals surface area (Å²) >= 11 is 0. The minimum atomic E-state index is -3.78. The van der Waals surface area contributed by atoms with Gasteiger partial charge in [-0.15, -0.1) is 0 Å². The summed E-state index contributed by atoms with van der Waals surface area (Å²) in [5.74, 6) is -4.31. The Morgan fingerprint density at radius 3 is 2.52 bits per heavy atom. The van der Waals surface area contributed by atoms with E-state index in [0.717, 1.165) is 25.2 Å². The van der Waals surface area contributed by atoms with Gasteiger partial charge in [-0.25, -0.2) is 14.0 Å². The van der Waals surface area contributed by atoms with Gasteiger partial charge in [0.2, 0.25) is 0 Å². The molecule has 3 fully saturated rings. The molecule has 3 unspecified atom stereocenters. The Morgan fingerprint density at radius 2 is 1.88 bits per heavy atom. The van der Waals surface area contributed by atoms with Crippen LogP contribution in [0.4, 0.5) is 8.78 Å². The molecule has 0 heterocycles. The number of hydrogen-bond acceptors (Lipinski definition) is 4. The van der Waals surface area contributed by atoms with Gasteiger partial charge in [-0.1, -0.05) is 71.3 Å². The second kappa shape index (κ2) is 9.88. The van der Waals surface area contributed by atoms with Crippen LogP contribution in [-0.2, 0) is 4.89 Å². The van der Waals surface area contributed by atoms with E-state index in [1.807, 2.05) is 6.08 Å². The Hall–Kier alpha value is -1.08. The first-order valence-corrected chi connectivity index (χ1v) is 12.6. The molecule has 0 aliphatic heterocycles. The smallest absolute Gasteiger partial charge is 0.299 e. The maximum absolute atomic E-state index is 14.5. The lowest BCUT2D eigenvalue weighted by molar-refractivity contribution is -0.465. The van der Waals surface area contributed by atoms with Crippen molar-refractivity contribution in [1.82, 2.24) is 0 Å². The summed E-state index contributed by atoms with van der Waals surface area (Å²) in [5, 5.41) is 28.8. The van der Waals surface area contributed by atoms with E-state index in [0.29, 0.717) is 17.8 Å². The maximum atomic E-state index is 14.5. The lowest BCUT2D eigenvalue weighted by atomic mass is 9.60.